The van der Waals surface area contributed by atoms with Crippen LogP contribution in [0.2, 0.25) is 0 Å². The molecule has 2 aromatic rings. The van der Waals surface area contributed by atoms with E-state index in [1.807, 2.05) is 0 Å². The second-order valence-electron chi connectivity index (χ2n) is 5.27. The third-order valence-electron chi connectivity index (χ3n) is 3.32. The molecular weight excluding hydrogens is 313 g/mol. The minimum Gasteiger partial charge on any atom is -0.356 e. The first-order chi connectivity index (χ1) is 11.5. The lowest BCUT2D eigenvalue weighted by atomic mass is 10.1. The molecular formula is C17H18FN3O3. The Bertz CT molecular complexity index is 755. The summed E-state index contributed by atoms with van der Waals surface area (Å²) in [5.74, 6) is -1.13. The van der Waals surface area contributed by atoms with Crippen molar-refractivity contribution in [3.05, 3.63) is 59.2 Å². The molecule has 0 unspecified atom stereocenters. The van der Waals surface area contributed by atoms with Gasteiger partial charge in [0.2, 0.25) is 5.91 Å². The maximum atomic E-state index is 13.0. The highest BCUT2D eigenvalue weighted by molar-refractivity contribution is 5.99. The van der Waals surface area contributed by atoms with Crippen LogP contribution in [-0.4, -0.2) is 35.7 Å². The number of rotatable bonds is 7. The van der Waals surface area contributed by atoms with E-state index in [1.165, 1.54) is 31.3 Å². The minimum atomic E-state index is -0.386. The van der Waals surface area contributed by atoms with E-state index in [0.717, 1.165) is 0 Å². The van der Waals surface area contributed by atoms with Gasteiger partial charge in [-0.3, -0.25) is 14.4 Å². The number of carbonyl (C=O) groups is 3. The molecule has 2 amide bonds. The number of ketones is 1. The first-order valence-electron chi connectivity index (χ1n) is 7.44. The van der Waals surface area contributed by atoms with E-state index in [2.05, 4.69) is 15.6 Å². The van der Waals surface area contributed by atoms with Gasteiger partial charge in [-0.1, -0.05) is 12.1 Å². The molecule has 0 saturated carbocycles. The van der Waals surface area contributed by atoms with E-state index >= 15 is 0 Å². The van der Waals surface area contributed by atoms with Gasteiger partial charge in [0.15, 0.2) is 5.78 Å². The van der Waals surface area contributed by atoms with Crippen molar-refractivity contribution >= 4 is 17.6 Å². The number of Topliss-reactive ketones (excluding diaryl/α,β-unsaturated/α-hetero) is 1. The van der Waals surface area contributed by atoms with E-state index in [4.69, 9.17) is 0 Å². The highest BCUT2D eigenvalue weighted by Gasteiger charge is 2.10. The van der Waals surface area contributed by atoms with Crippen molar-refractivity contribution in [1.29, 1.82) is 0 Å². The number of hydrogen-bond donors (Lipinski definition) is 3. The van der Waals surface area contributed by atoms with Crippen LogP contribution in [0.3, 0.4) is 0 Å². The van der Waals surface area contributed by atoms with E-state index in [1.54, 1.807) is 12.1 Å². The monoisotopic (exact) mass is 331 g/mol. The number of H-pyrrole nitrogens is 1. The summed E-state index contributed by atoms with van der Waals surface area (Å²) in [6.45, 7) is 1.90. The molecule has 3 N–H and O–H groups in total. The molecule has 0 aliphatic carbocycles. The van der Waals surface area contributed by atoms with Crippen molar-refractivity contribution in [1.82, 2.24) is 15.6 Å². The average molecular weight is 331 g/mol. The molecule has 7 heteroatoms. The van der Waals surface area contributed by atoms with Crippen molar-refractivity contribution in [2.24, 2.45) is 0 Å². The number of aromatic nitrogens is 1. The van der Waals surface area contributed by atoms with Crippen LogP contribution in [0.25, 0.3) is 0 Å². The van der Waals surface area contributed by atoms with Crippen LogP contribution in [0.1, 0.15) is 33.3 Å². The maximum Gasteiger partial charge on any atom is 0.267 e. The molecule has 0 bridgehead atoms. The Balaban J connectivity index is 1.71. The van der Waals surface area contributed by atoms with Gasteiger partial charge in [0, 0.05) is 24.8 Å². The molecule has 1 aromatic heterocycles. The zero-order valence-electron chi connectivity index (χ0n) is 13.2. The zero-order chi connectivity index (χ0) is 17.5. The van der Waals surface area contributed by atoms with Crippen LogP contribution < -0.4 is 10.6 Å². The number of hydrogen-bond acceptors (Lipinski definition) is 3. The van der Waals surface area contributed by atoms with Gasteiger partial charge < -0.3 is 15.6 Å². The molecule has 24 heavy (non-hydrogen) atoms. The van der Waals surface area contributed by atoms with Crippen LogP contribution in [0.15, 0.2) is 36.5 Å². The maximum absolute atomic E-state index is 13.0. The normalized spacial score (nSPS) is 10.2. The molecule has 0 radical (unpaired) electrons. The summed E-state index contributed by atoms with van der Waals surface area (Å²) < 4.78 is 13.0. The third-order valence-corrected chi connectivity index (χ3v) is 3.32. The quantitative estimate of drug-likeness (QED) is 0.530. The van der Waals surface area contributed by atoms with Crippen LogP contribution in [0, 0.1) is 5.82 Å². The average Bonchev–Trinajstić information content (AvgIpc) is 3.01. The van der Waals surface area contributed by atoms with Crippen molar-refractivity contribution in [3.8, 4) is 0 Å². The summed E-state index contributed by atoms with van der Waals surface area (Å²) in [6, 6.07) is 7.31. The molecule has 0 spiro atoms. The number of halogens is 1. The number of amides is 2. The predicted octanol–water partition coefficient (Wildman–Crippen LogP) is 1.45. The summed E-state index contributed by atoms with van der Waals surface area (Å²) in [5, 5.41) is 5.26. The van der Waals surface area contributed by atoms with Gasteiger partial charge in [0.1, 0.15) is 11.5 Å². The minimum absolute atomic E-state index is 0.0737. The molecule has 126 valence electrons. The lowest BCUT2D eigenvalue weighted by Crippen LogP contribution is -2.35. The first-order valence-corrected chi connectivity index (χ1v) is 7.44. The predicted molar refractivity (Wildman–Crippen MR) is 86.2 cm³/mol. The van der Waals surface area contributed by atoms with Crippen LogP contribution >= 0.6 is 0 Å². The van der Waals surface area contributed by atoms with Crippen LogP contribution in [0.5, 0.6) is 0 Å². The fourth-order valence-corrected chi connectivity index (χ4v) is 2.10. The Labute approximate surface area is 138 Å². The van der Waals surface area contributed by atoms with Crippen LogP contribution in [0.4, 0.5) is 4.39 Å². The topological polar surface area (TPSA) is 91.1 Å². The third kappa shape index (κ3) is 5.05. The standard InChI is InChI=1S/C17H18FN3O3/c1-11(22)13-9-15(21-10-13)17(24)20-6-5-19-16(23)8-12-3-2-4-14(18)7-12/h2-4,7,9-10,21H,5-6,8H2,1H3,(H,19,23)(H,20,24). The van der Waals surface area contributed by atoms with E-state index in [9.17, 15) is 18.8 Å². The first kappa shape index (κ1) is 17.4. The Morgan fingerprint density at radius 2 is 1.88 bits per heavy atom. The molecule has 2 rings (SSSR count). The Morgan fingerprint density at radius 1 is 1.12 bits per heavy atom. The molecule has 0 saturated heterocycles. The van der Waals surface area contributed by atoms with Crippen molar-refractivity contribution in [2.45, 2.75) is 13.3 Å². The molecule has 1 aromatic carbocycles. The van der Waals surface area contributed by atoms with Gasteiger partial charge in [-0.05, 0) is 30.7 Å². The fraction of sp³-hybridized carbons (Fsp3) is 0.235. The second-order valence-corrected chi connectivity index (χ2v) is 5.27. The Kier molecular flexibility index (Phi) is 5.83. The smallest absolute Gasteiger partial charge is 0.267 e. The highest BCUT2D eigenvalue weighted by atomic mass is 19.1. The molecule has 0 aliphatic heterocycles. The van der Waals surface area contributed by atoms with E-state index in [0.29, 0.717) is 11.1 Å². The van der Waals surface area contributed by atoms with Gasteiger partial charge in [0.05, 0.1) is 6.42 Å². The summed E-state index contributed by atoms with van der Waals surface area (Å²) >= 11 is 0. The number of nitrogens with one attached hydrogen (secondary N) is 3. The molecule has 0 fully saturated rings. The lowest BCUT2D eigenvalue weighted by molar-refractivity contribution is -0.120. The van der Waals surface area contributed by atoms with Gasteiger partial charge >= 0.3 is 0 Å². The molecule has 1 heterocycles. The molecule has 0 aliphatic rings. The van der Waals surface area contributed by atoms with E-state index in [-0.39, 0.29) is 48.6 Å². The lowest BCUT2D eigenvalue weighted by Gasteiger charge is -2.06. The van der Waals surface area contributed by atoms with Crippen molar-refractivity contribution < 1.29 is 18.8 Å². The largest absolute Gasteiger partial charge is 0.356 e. The molecule has 0 atom stereocenters. The van der Waals surface area contributed by atoms with Crippen molar-refractivity contribution in [2.75, 3.05) is 13.1 Å². The van der Waals surface area contributed by atoms with Crippen molar-refractivity contribution in [3.63, 3.8) is 0 Å². The zero-order valence-corrected chi connectivity index (χ0v) is 13.2. The SMILES string of the molecule is CC(=O)c1c[nH]c(C(=O)NCCNC(=O)Cc2cccc(F)c2)c1. The summed E-state index contributed by atoms with van der Waals surface area (Å²) in [7, 11) is 0. The summed E-state index contributed by atoms with van der Waals surface area (Å²) in [5.41, 5.74) is 1.30. The van der Waals surface area contributed by atoms with Crippen LogP contribution in [-0.2, 0) is 11.2 Å². The molecule has 6 nitrogen and oxygen atoms in total. The summed E-state index contributed by atoms with van der Waals surface area (Å²) in [6.07, 6.45) is 1.54. The van der Waals surface area contributed by atoms with Gasteiger partial charge in [-0.15, -0.1) is 0 Å². The number of benzene rings is 1. The fourth-order valence-electron chi connectivity index (χ4n) is 2.10. The summed E-state index contributed by atoms with van der Waals surface area (Å²) in [4.78, 5) is 37.5. The number of aromatic amines is 1. The second kappa shape index (κ2) is 8.05. The number of carbonyl (C=O) groups excluding carboxylic acids is 3. The van der Waals surface area contributed by atoms with Gasteiger partial charge in [-0.2, -0.15) is 0 Å². The Hall–Kier alpha value is -2.96. The Morgan fingerprint density at radius 3 is 2.54 bits per heavy atom. The van der Waals surface area contributed by atoms with Gasteiger partial charge in [-0.25, -0.2) is 4.39 Å². The van der Waals surface area contributed by atoms with Gasteiger partial charge in [0.25, 0.3) is 5.91 Å². The van der Waals surface area contributed by atoms with E-state index < -0.39 is 0 Å². The highest BCUT2D eigenvalue weighted by Crippen LogP contribution is 2.05.